The lowest BCUT2D eigenvalue weighted by atomic mass is 9.70. The van der Waals surface area contributed by atoms with Crippen LogP contribution >= 0.6 is 0 Å². The maximum atomic E-state index is 13.0. The molecule has 0 saturated heterocycles. The van der Waals surface area contributed by atoms with Gasteiger partial charge in [0.05, 0.1) is 0 Å². The lowest BCUT2D eigenvalue weighted by molar-refractivity contribution is -0.156. The summed E-state index contributed by atoms with van der Waals surface area (Å²) < 4.78 is 18.4. The number of nitrogens with one attached hydrogen (secondary N) is 1. The first-order chi connectivity index (χ1) is 13.2. The number of halogens is 1. The van der Waals surface area contributed by atoms with E-state index < -0.39 is 11.0 Å². The minimum atomic E-state index is -0.501. The molecular weight excluding hydrogens is 357 g/mol. The molecule has 0 radical (unpaired) electrons. The summed E-state index contributed by atoms with van der Waals surface area (Å²) in [5.74, 6) is -0.405. The molecule has 0 heterocycles. The van der Waals surface area contributed by atoms with Gasteiger partial charge in [0.15, 0.2) is 0 Å². The summed E-state index contributed by atoms with van der Waals surface area (Å²) in [6, 6.07) is 6.48. The maximum Gasteiger partial charge on any atom is 0.306 e. The monoisotopic (exact) mass is 391 g/mol. The quantitative estimate of drug-likeness (QED) is 0.504. The summed E-state index contributed by atoms with van der Waals surface area (Å²) in [5, 5.41) is 3.08. The topological polar surface area (TPSA) is 55.4 Å². The lowest BCUT2D eigenvalue weighted by Gasteiger charge is -2.36. The molecule has 5 heteroatoms. The number of ether oxygens (including phenoxy) is 1. The molecule has 4 nitrogen and oxygen atoms in total. The van der Waals surface area contributed by atoms with Crippen molar-refractivity contribution in [1.82, 2.24) is 5.32 Å². The predicted octanol–water partition coefficient (Wildman–Crippen LogP) is 4.95. The van der Waals surface area contributed by atoms with Crippen LogP contribution in [0.4, 0.5) is 4.39 Å². The molecule has 0 unspecified atom stereocenters. The fraction of sp³-hybridized carbons (Fsp3) is 0.652. The van der Waals surface area contributed by atoms with Gasteiger partial charge in [0.25, 0.3) is 0 Å². The van der Waals surface area contributed by atoms with Gasteiger partial charge in [-0.1, -0.05) is 31.4 Å². The Hall–Kier alpha value is -1.91. The minimum absolute atomic E-state index is 0.0647. The average Bonchev–Trinajstić information content (AvgIpc) is 2.64. The fourth-order valence-electron chi connectivity index (χ4n) is 3.89. The molecule has 0 spiro atoms. The molecule has 1 aromatic rings. The van der Waals surface area contributed by atoms with E-state index in [-0.39, 0.29) is 24.1 Å². The van der Waals surface area contributed by atoms with E-state index in [0.717, 1.165) is 50.5 Å². The second-order valence-electron chi connectivity index (χ2n) is 8.91. The Morgan fingerprint density at radius 1 is 1.11 bits per heavy atom. The Morgan fingerprint density at radius 3 is 2.36 bits per heavy atom. The van der Waals surface area contributed by atoms with Crippen molar-refractivity contribution < 1.29 is 18.7 Å². The molecule has 1 aromatic carbocycles. The molecule has 1 aliphatic rings. The van der Waals surface area contributed by atoms with E-state index in [4.69, 9.17) is 4.74 Å². The van der Waals surface area contributed by atoms with Gasteiger partial charge in [0, 0.05) is 18.4 Å². The van der Waals surface area contributed by atoms with Crippen LogP contribution in [-0.2, 0) is 20.7 Å². The molecule has 0 bridgehead atoms. The summed E-state index contributed by atoms with van der Waals surface area (Å²) >= 11 is 0. The zero-order valence-electron chi connectivity index (χ0n) is 17.5. The largest absolute Gasteiger partial charge is 0.460 e. The van der Waals surface area contributed by atoms with Crippen LogP contribution in [0.1, 0.15) is 77.7 Å². The molecule has 1 saturated carbocycles. The second-order valence-corrected chi connectivity index (χ2v) is 8.91. The lowest BCUT2D eigenvalue weighted by Crippen LogP contribution is -2.43. The third-order valence-electron chi connectivity index (χ3n) is 5.36. The fourth-order valence-corrected chi connectivity index (χ4v) is 3.89. The predicted molar refractivity (Wildman–Crippen MR) is 108 cm³/mol. The van der Waals surface area contributed by atoms with Crippen molar-refractivity contribution in [3.63, 3.8) is 0 Å². The number of amides is 1. The van der Waals surface area contributed by atoms with Crippen molar-refractivity contribution in [1.29, 1.82) is 0 Å². The highest BCUT2D eigenvalue weighted by molar-refractivity contribution is 5.83. The van der Waals surface area contributed by atoms with Crippen LogP contribution in [0.2, 0.25) is 0 Å². The Bertz CT molecular complexity index is 643. The van der Waals surface area contributed by atoms with Gasteiger partial charge in [0.2, 0.25) is 5.91 Å². The van der Waals surface area contributed by atoms with Gasteiger partial charge in [-0.2, -0.15) is 0 Å². The number of carbonyl (C=O) groups is 2. The van der Waals surface area contributed by atoms with E-state index >= 15 is 0 Å². The molecular formula is C23H34FNO3. The number of carbonyl (C=O) groups excluding carboxylic acids is 2. The molecule has 1 fully saturated rings. The van der Waals surface area contributed by atoms with E-state index in [9.17, 15) is 14.0 Å². The van der Waals surface area contributed by atoms with Crippen LogP contribution in [0.15, 0.2) is 24.3 Å². The molecule has 1 aliphatic carbocycles. The molecule has 0 aromatic heterocycles. The van der Waals surface area contributed by atoms with Crippen molar-refractivity contribution in [3.05, 3.63) is 35.6 Å². The Kier molecular flexibility index (Phi) is 8.02. The zero-order valence-corrected chi connectivity index (χ0v) is 17.5. The number of hydrogen-bond acceptors (Lipinski definition) is 3. The van der Waals surface area contributed by atoms with E-state index in [1.54, 1.807) is 12.1 Å². The van der Waals surface area contributed by atoms with Gasteiger partial charge in [-0.15, -0.1) is 0 Å². The molecule has 2 rings (SSSR count). The SMILES string of the molecule is CC(C)(C)OC(=O)CCC1(C(=O)NCCCc2ccc(F)cc2)CCCCC1. The Balaban J connectivity index is 1.84. The summed E-state index contributed by atoms with van der Waals surface area (Å²) in [6.07, 6.45) is 7.29. The second kappa shape index (κ2) is 10.0. The zero-order chi connectivity index (χ0) is 20.6. The summed E-state index contributed by atoms with van der Waals surface area (Å²) in [4.78, 5) is 25.1. The molecule has 1 N–H and O–H groups in total. The van der Waals surface area contributed by atoms with Gasteiger partial charge in [-0.25, -0.2) is 4.39 Å². The van der Waals surface area contributed by atoms with Crippen LogP contribution in [0, 0.1) is 11.2 Å². The number of hydrogen-bond donors (Lipinski definition) is 1. The number of rotatable bonds is 8. The number of esters is 1. The van der Waals surface area contributed by atoms with Crippen LogP contribution in [0.25, 0.3) is 0 Å². The standard InChI is InChI=1S/C23H34FNO3/c1-22(2,3)28-20(26)13-16-23(14-5-4-6-15-23)21(27)25-17-7-8-18-9-11-19(24)12-10-18/h9-12H,4-8,13-17H2,1-3H3,(H,25,27). The van der Waals surface area contributed by atoms with E-state index in [1.165, 1.54) is 12.1 Å². The van der Waals surface area contributed by atoms with Gasteiger partial charge < -0.3 is 10.1 Å². The first-order valence-electron chi connectivity index (χ1n) is 10.4. The van der Waals surface area contributed by atoms with E-state index in [2.05, 4.69) is 5.32 Å². The third kappa shape index (κ3) is 7.25. The highest BCUT2D eigenvalue weighted by atomic mass is 19.1. The van der Waals surface area contributed by atoms with Gasteiger partial charge in [-0.3, -0.25) is 9.59 Å². The summed E-state index contributed by atoms with van der Waals surface area (Å²) in [6.45, 7) is 6.16. The number of aryl methyl sites for hydroxylation is 1. The van der Waals surface area contributed by atoms with Crippen molar-refractivity contribution in [2.75, 3.05) is 6.54 Å². The average molecular weight is 392 g/mol. The maximum absolute atomic E-state index is 13.0. The van der Waals surface area contributed by atoms with Crippen molar-refractivity contribution in [2.45, 2.75) is 84.2 Å². The normalized spacial score (nSPS) is 16.4. The van der Waals surface area contributed by atoms with Gasteiger partial charge in [-0.05, 0) is 70.6 Å². The van der Waals surface area contributed by atoms with E-state index in [1.807, 2.05) is 20.8 Å². The van der Waals surface area contributed by atoms with Crippen LogP contribution in [0.5, 0.6) is 0 Å². The Morgan fingerprint density at radius 2 is 1.75 bits per heavy atom. The van der Waals surface area contributed by atoms with Crippen LogP contribution < -0.4 is 5.32 Å². The molecule has 0 atom stereocenters. The van der Waals surface area contributed by atoms with Crippen LogP contribution in [0.3, 0.4) is 0 Å². The molecule has 28 heavy (non-hydrogen) atoms. The number of benzene rings is 1. The first-order valence-corrected chi connectivity index (χ1v) is 10.4. The van der Waals surface area contributed by atoms with E-state index in [0.29, 0.717) is 13.0 Å². The smallest absolute Gasteiger partial charge is 0.306 e. The van der Waals surface area contributed by atoms with Crippen molar-refractivity contribution in [2.24, 2.45) is 5.41 Å². The third-order valence-corrected chi connectivity index (χ3v) is 5.36. The summed E-state index contributed by atoms with van der Waals surface area (Å²) in [7, 11) is 0. The highest BCUT2D eigenvalue weighted by Crippen LogP contribution is 2.40. The first kappa shape index (κ1) is 22.4. The summed E-state index contributed by atoms with van der Waals surface area (Å²) in [5.41, 5.74) is 0.109. The van der Waals surface area contributed by atoms with Crippen LogP contribution in [-0.4, -0.2) is 24.0 Å². The highest BCUT2D eigenvalue weighted by Gasteiger charge is 2.39. The molecule has 0 aliphatic heterocycles. The molecule has 1 amide bonds. The van der Waals surface area contributed by atoms with Crippen molar-refractivity contribution in [3.8, 4) is 0 Å². The van der Waals surface area contributed by atoms with Gasteiger partial charge in [0.1, 0.15) is 11.4 Å². The van der Waals surface area contributed by atoms with Gasteiger partial charge >= 0.3 is 5.97 Å². The van der Waals surface area contributed by atoms with Crippen molar-refractivity contribution >= 4 is 11.9 Å². The molecule has 156 valence electrons. The minimum Gasteiger partial charge on any atom is -0.460 e. The Labute approximate surface area is 168 Å².